The minimum Gasteiger partial charge on any atom is -0.466 e. The second-order valence-corrected chi connectivity index (χ2v) is 5.97. The number of hydrogen-bond acceptors (Lipinski definition) is 3. The summed E-state index contributed by atoms with van der Waals surface area (Å²) in [4.78, 5) is 22.4. The van der Waals surface area contributed by atoms with E-state index in [0.29, 0.717) is 0 Å². The lowest BCUT2D eigenvalue weighted by Crippen LogP contribution is -2.45. The fourth-order valence-electron chi connectivity index (χ4n) is 1.96. The molecule has 0 saturated heterocycles. The number of nitrogens with one attached hydrogen (secondary N) is 1. The van der Waals surface area contributed by atoms with Gasteiger partial charge in [-0.05, 0) is 25.7 Å². The molecule has 0 aliphatic rings. The van der Waals surface area contributed by atoms with Gasteiger partial charge < -0.3 is 10.1 Å². The number of rotatable bonds is 4. The van der Waals surface area contributed by atoms with Crippen LogP contribution in [0.25, 0.3) is 0 Å². The Labute approximate surface area is 103 Å². The molecule has 4 heteroatoms. The standard InChI is InChI=1S/C13H23NO3/c1-12(2,3)9-13(4,5)14-10(15)7-8-11(16)17-6/h7-8H,9H2,1-6H3,(H,14,15). The number of methoxy groups -OCH3 is 1. The molecule has 0 atom stereocenters. The van der Waals surface area contributed by atoms with Crippen LogP contribution in [0.1, 0.15) is 41.0 Å². The minimum absolute atomic E-state index is 0.128. The Morgan fingerprint density at radius 2 is 1.65 bits per heavy atom. The Kier molecular flexibility index (Phi) is 5.39. The largest absolute Gasteiger partial charge is 0.466 e. The highest BCUT2D eigenvalue weighted by atomic mass is 16.5. The molecule has 0 aliphatic carbocycles. The predicted molar refractivity (Wildman–Crippen MR) is 67.4 cm³/mol. The number of carbonyl (C=O) groups excluding carboxylic acids is 2. The molecular formula is C13H23NO3. The second kappa shape index (κ2) is 5.84. The van der Waals surface area contributed by atoms with Gasteiger partial charge in [0.2, 0.25) is 5.91 Å². The molecular weight excluding hydrogens is 218 g/mol. The molecule has 0 aliphatic heterocycles. The summed E-state index contributed by atoms with van der Waals surface area (Å²) in [6, 6.07) is 0. The topological polar surface area (TPSA) is 55.4 Å². The lowest BCUT2D eigenvalue weighted by molar-refractivity contribution is -0.135. The third-order valence-electron chi connectivity index (χ3n) is 2.01. The van der Waals surface area contributed by atoms with Crippen LogP contribution in [0.2, 0.25) is 0 Å². The average molecular weight is 241 g/mol. The zero-order valence-electron chi connectivity index (χ0n) is 11.6. The summed E-state index contributed by atoms with van der Waals surface area (Å²) < 4.78 is 4.41. The van der Waals surface area contributed by atoms with Crippen molar-refractivity contribution in [3.8, 4) is 0 Å². The first-order valence-corrected chi connectivity index (χ1v) is 5.64. The Balaban J connectivity index is 4.37. The number of carbonyl (C=O) groups is 2. The van der Waals surface area contributed by atoms with Gasteiger partial charge in [0.25, 0.3) is 0 Å². The zero-order valence-corrected chi connectivity index (χ0v) is 11.6. The molecule has 0 radical (unpaired) electrons. The fraction of sp³-hybridized carbons (Fsp3) is 0.692. The molecule has 0 heterocycles. The summed E-state index contributed by atoms with van der Waals surface area (Å²) in [5.41, 5.74) is -0.182. The van der Waals surface area contributed by atoms with Crippen LogP contribution >= 0.6 is 0 Å². The maximum atomic E-state index is 11.6. The van der Waals surface area contributed by atoms with E-state index < -0.39 is 5.97 Å². The molecule has 0 unspecified atom stereocenters. The van der Waals surface area contributed by atoms with Gasteiger partial charge in [-0.2, -0.15) is 0 Å². The van der Waals surface area contributed by atoms with Gasteiger partial charge in [0, 0.05) is 17.7 Å². The Morgan fingerprint density at radius 1 is 1.12 bits per heavy atom. The number of hydrogen-bond donors (Lipinski definition) is 1. The average Bonchev–Trinajstić information content (AvgIpc) is 2.09. The van der Waals surface area contributed by atoms with Gasteiger partial charge in [0.05, 0.1) is 7.11 Å². The van der Waals surface area contributed by atoms with Crippen molar-refractivity contribution >= 4 is 11.9 Å². The summed E-state index contributed by atoms with van der Waals surface area (Å²) in [5.74, 6) is -0.821. The highest BCUT2D eigenvalue weighted by molar-refractivity contribution is 5.94. The van der Waals surface area contributed by atoms with Crippen molar-refractivity contribution in [2.75, 3.05) is 7.11 Å². The van der Waals surface area contributed by atoms with E-state index in [1.165, 1.54) is 13.2 Å². The summed E-state index contributed by atoms with van der Waals surface area (Å²) in [7, 11) is 1.27. The molecule has 0 spiro atoms. The third kappa shape index (κ3) is 8.48. The van der Waals surface area contributed by atoms with Crippen molar-refractivity contribution in [3.63, 3.8) is 0 Å². The Morgan fingerprint density at radius 3 is 2.06 bits per heavy atom. The van der Waals surface area contributed by atoms with E-state index in [1.807, 2.05) is 13.8 Å². The Hall–Kier alpha value is -1.32. The van der Waals surface area contributed by atoms with Crippen LogP contribution in [-0.4, -0.2) is 24.5 Å². The first kappa shape index (κ1) is 15.7. The molecule has 4 nitrogen and oxygen atoms in total. The highest BCUT2D eigenvalue weighted by Gasteiger charge is 2.26. The van der Waals surface area contributed by atoms with Gasteiger partial charge in [-0.1, -0.05) is 20.8 Å². The molecule has 0 aromatic rings. The molecule has 1 amide bonds. The number of esters is 1. The van der Waals surface area contributed by atoms with Crippen LogP contribution in [0.15, 0.2) is 12.2 Å². The van der Waals surface area contributed by atoms with Crippen molar-refractivity contribution in [1.29, 1.82) is 0 Å². The van der Waals surface area contributed by atoms with Crippen molar-refractivity contribution in [1.82, 2.24) is 5.32 Å². The maximum Gasteiger partial charge on any atom is 0.330 e. The van der Waals surface area contributed by atoms with Crippen molar-refractivity contribution in [2.24, 2.45) is 5.41 Å². The van der Waals surface area contributed by atoms with E-state index >= 15 is 0 Å². The van der Waals surface area contributed by atoms with Crippen LogP contribution in [0.3, 0.4) is 0 Å². The fourth-order valence-corrected chi connectivity index (χ4v) is 1.96. The molecule has 0 rings (SSSR count). The van der Waals surface area contributed by atoms with E-state index in [9.17, 15) is 9.59 Å². The lowest BCUT2D eigenvalue weighted by Gasteiger charge is -2.32. The highest BCUT2D eigenvalue weighted by Crippen LogP contribution is 2.26. The summed E-state index contributed by atoms with van der Waals surface area (Å²) in [6.45, 7) is 10.3. The SMILES string of the molecule is COC(=O)C=CC(=O)NC(C)(C)CC(C)(C)C. The summed E-state index contributed by atoms with van der Waals surface area (Å²) in [5, 5.41) is 2.86. The van der Waals surface area contributed by atoms with E-state index in [2.05, 4.69) is 30.8 Å². The van der Waals surface area contributed by atoms with Gasteiger partial charge in [-0.3, -0.25) is 4.79 Å². The van der Waals surface area contributed by atoms with Crippen LogP contribution in [-0.2, 0) is 14.3 Å². The van der Waals surface area contributed by atoms with Crippen LogP contribution in [0.4, 0.5) is 0 Å². The van der Waals surface area contributed by atoms with Gasteiger partial charge in [0.15, 0.2) is 0 Å². The van der Waals surface area contributed by atoms with Crippen LogP contribution in [0.5, 0.6) is 0 Å². The number of ether oxygens (including phenoxy) is 1. The summed E-state index contributed by atoms with van der Waals surface area (Å²) >= 11 is 0. The molecule has 98 valence electrons. The quantitative estimate of drug-likeness (QED) is 0.605. The summed E-state index contributed by atoms with van der Waals surface area (Å²) in [6.07, 6.45) is 3.15. The van der Waals surface area contributed by atoms with E-state index in [1.54, 1.807) is 0 Å². The van der Waals surface area contributed by atoms with Gasteiger partial charge in [-0.25, -0.2) is 4.79 Å². The lowest BCUT2D eigenvalue weighted by atomic mass is 9.82. The maximum absolute atomic E-state index is 11.6. The molecule has 0 aromatic carbocycles. The van der Waals surface area contributed by atoms with Crippen LogP contribution in [0, 0.1) is 5.41 Å². The molecule has 17 heavy (non-hydrogen) atoms. The number of amides is 1. The predicted octanol–water partition coefficient (Wildman–Crippen LogP) is 2.05. The first-order valence-electron chi connectivity index (χ1n) is 5.64. The van der Waals surface area contributed by atoms with Crippen LogP contribution < -0.4 is 5.32 Å². The van der Waals surface area contributed by atoms with Crippen molar-refractivity contribution in [3.05, 3.63) is 12.2 Å². The second-order valence-electron chi connectivity index (χ2n) is 5.97. The van der Waals surface area contributed by atoms with E-state index in [4.69, 9.17) is 0 Å². The van der Waals surface area contributed by atoms with Crippen molar-refractivity contribution < 1.29 is 14.3 Å². The van der Waals surface area contributed by atoms with Gasteiger partial charge >= 0.3 is 5.97 Å². The molecule has 0 saturated carbocycles. The Bertz CT molecular complexity index is 311. The first-order chi connectivity index (χ1) is 7.56. The van der Waals surface area contributed by atoms with Gasteiger partial charge in [-0.15, -0.1) is 0 Å². The van der Waals surface area contributed by atoms with E-state index in [-0.39, 0.29) is 16.9 Å². The molecule has 0 bridgehead atoms. The third-order valence-corrected chi connectivity index (χ3v) is 2.01. The monoisotopic (exact) mass is 241 g/mol. The normalized spacial score (nSPS) is 12.6. The minimum atomic E-state index is -0.534. The molecule has 0 fully saturated rings. The van der Waals surface area contributed by atoms with E-state index in [0.717, 1.165) is 12.5 Å². The van der Waals surface area contributed by atoms with Crippen molar-refractivity contribution in [2.45, 2.75) is 46.6 Å². The smallest absolute Gasteiger partial charge is 0.330 e. The molecule has 1 N–H and O–H groups in total. The van der Waals surface area contributed by atoms with Gasteiger partial charge in [0.1, 0.15) is 0 Å². The zero-order chi connectivity index (χ0) is 13.7. The molecule has 0 aromatic heterocycles.